The van der Waals surface area contributed by atoms with Crippen molar-refractivity contribution < 1.29 is 14.7 Å². The van der Waals surface area contributed by atoms with Crippen LogP contribution in [0.2, 0.25) is 0 Å². The summed E-state index contributed by atoms with van der Waals surface area (Å²) in [7, 11) is 0. The Morgan fingerprint density at radius 1 is 1.47 bits per heavy atom. The Kier molecular flexibility index (Phi) is 2.54. The summed E-state index contributed by atoms with van der Waals surface area (Å²) in [5, 5.41) is 11.5. The van der Waals surface area contributed by atoms with Gasteiger partial charge in [0.1, 0.15) is 6.54 Å². The van der Waals surface area contributed by atoms with E-state index in [-0.39, 0.29) is 24.7 Å². The van der Waals surface area contributed by atoms with Gasteiger partial charge in [-0.2, -0.15) is 0 Å². The van der Waals surface area contributed by atoms with Gasteiger partial charge < -0.3 is 15.3 Å². The van der Waals surface area contributed by atoms with Gasteiger partial charge in [0.05, 0.1) is 0 Å². The molecule has 15 heavy (non-hydrogen) atoms. The van der Waals surface area contributed by atoms with Crippen molar-refractivity contribution in [1.29, 1.82) is 0 Å². The normalized spacial score (nSPS) is 28.3. The number of carbonyl (C=O) groups excluding carboxylic acids is 1. The van der Waals surface area contributed by atoms with Crippen LogP contribution in [0.25, 0.3) is 0 Å². The van der Waals surface area contributed by atoms with Crippen LogP contribution in [0.5, 0.6) is 0 Å². The number of urea groups is 1. The molecule has 0 spiro atoms. The summed E-state index contributed by atoms with van der Waals surface area (Å²) in [6.07, 6.45) is 2.87. The molecule has 0 radical (unpaired) electrons. The minimum atomic E-state index is -0.944. The Hall–Kier alpha value is -1.26. The van der Waals surface area contributed by atoms with Crippen LogP contribution in [0.15, 0.2) is 0 Å². The van der Waals surface area contributed by atoms with Gasteiger partial charge in [0.25, 0.3) is 0 Å². The minimum absolute atomic E-state index is 0.148. The van der Waals surface area contributed by atoms with Crippen molar-refractivity contribution in [3.8, 4) is 0 Å². The molecule has 2 atom stereocenters. The first-order valence-electron chi connectivity index (χ1n) is 5.37. The molecule has 0 aromatic rings. The van der Waals surface area contributed by atoms with Gasteiger partial charge in [-0.05, 0) is 25.2 Å². The van der Waals surface area contributed by atoms with E-state index in [1.54, 1.807) is 0 Å². The van der Waals surface area contributed by atoms with E-state index in [4.69, 9.17) is 5.11 Å². The van der Waals surface area contributed by atoms with Crippen molar-refractivity contribution in [1.82, 2.24) is 10.2 Å². The predicted octanol–water partition coefficient (Wildman–Crippen LogP) is 0.653. The Bertz CT molecular complexity index is 288. The average molecular weight is 212 g/mol. The topological polar surface area (TPSA) is 69.6 Å². The van der Waals surface area contributed by atoms with Crippen LogP contribution in [0.4, 0.5) is 4.79 Å². The second kappa shape index (κ2) is 3.72. The molecule has 0 aromatic heterocycles. The first kappa shape index (κ1) is 10.3. The summed E-state index contributed by atoms with van der Waals surface area (Å²) in [5.41, 5.74) is 0. The molecule has 0 aromatic carbocycles. The maximum atomic E-state index is 11.7. The fraction of sp³-hybridized carbons (Fsp3) is 0.800. The summed E-state index contributed by atoms with van der Waals surface area (Å²) in [4.78, 5) is 23.7. The number of amides is 2. The number of carboxylic acid groups (broad SMARTS) is 1. The number of hydrogen-bond acceptors (Lipinski definition) is 2. The number of hydrogen-bond donors (Lipinski definition) is 2. The summed E-state index contributed by atoms with van der Waals surface area (Å²) < 4.78 is 0. The third kappa shape index (κ3) is 2.61. The zero-order valence-corrected chi connectivity index (χ0v) is 8.77. The zero-order valence-electron chi connectivity index (χ0n) is 8.77. The van der Waals surface area contributed by atoms with Gasteiger partial charge in [0.2, 0.25) is 0 Å². The molecule has 5 nitrogen and oxygen atoms in total. The van der Waals surface area contributed by atoms with E-state index in [0.29, 0.717) is 5.92 Å². The van der Waals surface area contributed by atoms with Crippen molar-refractivity contribution in [2.24, 2.45) is 5.92 Å². The molecule has 2 fully saturated rings. The highest BCUT2D eigenvalue weighted by atomic mass is 16.4. The number of nitrogens with one attached hydrogen (secondary N) is 1. The lowest BCUT2D eigenvalue weighted by atomic mass is 10.4. The van der Waals surface area contributed by atoms with E-state index >= 15 is 0 Å². The molecule has 2 aliphatic rings. The van der Waals surface area contributed by atoms with E-state index in [9.17, 15) is 9.59 Å². The van der Waals surface area contributed by atoms with Crippen LogP contribution in [0.1, 0.15) is 26.2 Å². The summed E-state index contributed by atoms with van der Waals surface area (Å²) >= 11 is 0. The number of carbonyl (C=O) groups is 2. The van der Waals surface area contributed by atoms with Gasteiger partial charge in [-0.15, -0.1) is 0 Å². The Balaban J connectivity index is 1.85. The van der Waals surface area contributed by atoms with E-state index in [1.165, 1.54) is 4.90 Å². The largest absolute Gasteiger partial charge is 0.480 e. The van der Waals surface area contributed by atoms with Crippen LogP contribution in [0.3, 0.4) is 0 Å². The zero-order chi connectivity index (χ0) is 11.0. The quantitative estimate of drug-likeness (QED) is 0.719. The van der Waals surface area contributed by atoms with Crippen molar-refractivity contribution in [3.05, 3.63) is 0 Å². The fourth-order valence-electron chi connectivity index (χ4n) is 1.66. The molecular formula is C10H16N2O3. The van der Waals surface area contributed by atoms with E-state index in [2.05, 4.69) is 12.2 Å². The second-order valence-electron chi connectivity index (χ2n) is 4.52. The molecule has 2 aliphatic carbocycles. The first-order chi connectivity index (χ1) is 7.08. The fourth-order valence-corrected chi connectivity index (χ4v) is 1.66. The first-order valence-corrected chi connectivity index (χ1v) is 5.37. The maximum absolute atomic E-state index is 11.7. The lowest BCUT2D eigenvalue weighted by Crippen LogP contribution is -2.45. The second-order valence-corrected chi connectivity index (χ2v) is 4.52. The maximum Gasteiger partial charge on any atom is 0.323 e. The molecule has 2 unspecified atom stereocenters. The van der Waals surface area contributed by atoms with Gasteiger partial charge in [-0.3, -0.25) is 4.79 Å². The van der Waals surface area contributed by atoms with E-state index in [1.807, 2.05) is 0 Å². The third-order valence-corrected chi connectivity index (χ3v) is 2.97. The third-order valence-electron chi connectivity index (χ3n) is 2.97. The van der Waals surface area contributed by atoms with Gasteiger partial charge in [-0.25, -0.2) is 4.79 Å². The highest BCUT2D eigenvalue weighted by Crippen LogP contribution is 2.31. The summed E-state index contributed by atoms with van der Waals surface area (Å²) in [5.74, 6) is -0.402. The van der Waals surface area contributed by atoms with Crippen LogP contribution >= 0.6 is 0 Å². The number of carboxylic acids is 1. The van der Waals surface area contributed by atoms with Crippen LogP contribution in [-0.2, 0) is 4.79 Å². The molecule has 84 valence electrons. The van der Waals surface area contributed by atoms with Crippen molar-refractivity contribution >= 4 is 12.0 Å². The lowest BCUT2D eigenvalue weighted by molar-refractivity contribution is -0.137. The molecule has 2 amide bonds. The number of rotatable bonds is 4. The van der Waals surface area contributed by atoms with E-state index < -0.39 is 5.97 Å². The highest BCUT2D eigenvalue weighted by Gasteiger charge is 2.39. The average Bonchev–Trinajstić information content (AvgIpc) is 3.00. The van der Waals surface area contributed by atoms with Crippen molar-refractivity contribution in [2.45, 2.75) is 38.3 Å². The van der Waals surface area contributed by atoms with E-state index in [0.717, 1.165) is 19.3 Å². The Morgan fingerprint density at radius 3 is 2.47 bits per heavy atom. The van der Waals surface area contributed by atoms with Crippen LogP contribution in [0, 0.1) is 5.92 Å². The molecule has 0 aliphatic heterocycles. The SMILES string of the molecule is CC1CC1NC(=O)N(CC(=O)O)C1CC1. The molecule has 2 rings (SSSR count). The molecular weight excluding hydrogens is 196 g/mol. The number of nitrogens with zero attached hydrogens (tertiary/aromatic N) is 1. The van der Waals surface area contributed by atoms with Gasteiger partial charge >= 0.3 is 12.0 Å². The predicted molar refractivity (Wildman–Crippen MR) is 53.5 cm³/mol. The molecule has 2 saturated carbocycles. The van der Waals surface area contributed by atoms with Gasteiger partial charge in [0.15, 0.2) is 0 Å². The Morgan fingerprint density at radius 2 is 2.07 bits per heavy atom. The van der Waals surface area contributed by atoms with Gasteiger partial charge in [0, 0.05) is 12.1 Å². The smallest absolute Gasteiger partial charge is 0.323 e. The van der Waals surface area contributed by atoms with Crippen molar-refractivity contribution in [3.63, 3.8) is 0 Å². The van der Waals surface area contributed by atoms with Gasteiger partial charge in [-0.1, -0.05) is 6.92 Å². The number of aliphatic carboxylic acids is 1. The van der Waals surface area contributed by atoms with Crippen LogP contribution in [-0.4, -0.2) is 40.6 Å². The summed E-state index contributed by atoms with van der Waals surface area (Å²) in [6.45, 7) is 1.89. The van der Waals surface area contributed by atoms with Crippen molar-refractivity contribution in [2.75, 3.05) is 6.54 Å². The molecule has 2 N–H and O–H groups in total. The minimum Gasteiger partial charge on any atom is -0.480 e. The molecule has 0 saturated heterocycles. The molecule has 5 heteroatoms. The molecule has 0 heterocycles. The van der Waals surface area contributed by atoms with Crippen LogP contribution < -0.4 is 5.32 Å². The molecule has 0 bridgehead atoms. The standard InChI is InChI=1S/C10H16N2O3/c1-6-4-8(6)11-10(15)12(5-9(13)14)7-2-3-7/h6-8H,2-5H2,1H3,(H,11,15)(H,13,14). The monoisotopic (exact) mass is 212 g/mol. The lowest BCUT2D eigenvalue weighted by Gasteiger charge is -2.20. The Labute approximate surface area is 88.4 Å². The summed E-state index contributed by atoms with van der Waals surface area (Å²) in [6, 6.07) is 0.192. The highest BCUT2D eigenvalue weighted by molar-refractivity contribution is 5.81.